The van der Waals surface area contributed by atoms with E-state index in [-0.39, 0.29) is 5.95 Å². The molecular weight excluding hydrogens is 229 g/mol. The Morgan fingerprint density at radius 3 is 2.75 bits per heavy atom. The zero-order valence-corrected chi connectivity index (χ0v) is 9.29. The van der Waals surface area contributed by atoms with Gasteiger partial charge in [-0.3, -0.25) is 0 Å². The Labute approximate surface area is 97.1 Å². The number of aryl methyl sites for hydroxylation is 1. The van der Waals surface area contributed by atoms with Gasteiger partial charge in [0.2, 0.25) is 5.95 Å². The largest absolute Gasteiger partial charge is 0.368 e. The third-order valence-corrected chi connectivity index (χ3v) is 2.34. The summed E-state index contributed by atoms with van der Waals surface area (Å²) in [5, 5.41) is 0.326. The highest BCUT2D eigenvalue weighted by atomic mass is 35.5. The maximum atomic E-state index is 13.2. The fourth-order valence-electron chi connectivity index (χ4n) is 1.44. The van der Waals surface area contributed by atoms with E-state index in [0.29, 0.717) is 16.3 Å². The molecule has 3 nitrogen and oxygen atoms in total. The van der Waals surface area contributed by atoms with Gasteiger partial charge in [0, 0.05) is 16.8 Å². The second-order valence-electron chi connectivity index (χ2n) is 3.42. The van der Waals surface area contributed by atoms with Crippen molar-refractivity contribution < 1.29 is 4.39 Å². The highest BCUT2D eigenvalue weighted by Gasteiger charge is 2.07. The van der Waals surface area contributed by atoms with Crippen molar-refractivity contribution in [2.45, 2.75) is 6.92 Å². The molecule has 1 aromatic carbocycles. The summed E-state index contributed by atoms with van der Waals surface area (Å²) < 4.78 is 13.2. The second-order valence-corrected chi connectivity index (χ2v) is 3.85. The molecule has 1 aromatic heterocycles. The van der Waals surface area contributed by atoms with Crippen LogP contribution in [-0.2, 0) is 0 Å². The summed E-state index contributed by atoms with van der Waals surface area (Å²) in [4.78, 5) is 7.92. The van der Waals surface area contributed by atoms with Crippen LogP contribution in [0.1, 0.15) is 5.56 Å². The SMILES string of the molecule is Cc1cnc(N)nc1-c1cc(F)cc(Cl)c1. The average molecular weight is 238 g/mol. The third-order valence-electron chi connectivity index (χ3n) is 2.13. The van der Waals surface area contributed by atoms with Gasteiger partial charge in [0.25, 0.3) is 0 Å². The van der Waals surface area contributed by atoms with E-state index in [1.807, 2.05) is 6.92 Å². The fraction of sp³-hybridized carbons (Fsp3) is 0.0909. The van der Waals surface area contributed by atoms with Crippen LogP contribution in [0.25, 0.3) is 11.3 Å². The number of aromatic nitrogens is 2. The monoisotopic (exact) mass is 237 g/mol. The molecule has 0 radical (unpaired) electrons. The third kappa shape index (κ3) is 2.12. The quantitative estimate of drug-likeness (QED) is 0.830. The highest BCUT2D eigenvalue weighted by molar-refractivity contribution is 6.30. The molecule has 82 valence electrons. The molecule has 16 heavy (non-hydrogen) atoms. The molecule has 0 aliphatic carbocycles. The molecule has 0 fully saturated rings. The Kier molecular flexibility index (Phi) is 2.75. The number of nitrogens with zero attached hydrogens (tertiary/aromatic N) is 2. The summed E-state index contributed by atoms with van der Waals surface area (Å²) in [5.41, 5.74) is 7.49. The molecule has 0 spiro atoms. The standard InChI is InChI=1S/C11H9ClFN3/c1-6-5-15-11(14)16-10(6)7-2-8(12)4-9(13)3-7/h2-5H,1H3,(H2,14,15,16). The van der Waals surface area contributed by atoms with Crippen LogP contribution in [0, 0.1) is 12.7 Å². The van der Waals surface area contributed by atoms with E-state index in [1.54, 1.807) is 12.3 Å². The second kappa shape index (κ2) is 4.06. The van der Waals surface area contributed by atoms with E-state index >= 15 is 0 Å². The van der Waals surface area contributed by atoms with Crippen molar-refractivity contribution in [1.29, 1.82) is 0 Å². The number of benzene rings is 1. The Bertz CT molecular complexity index is 522. The van der Waals surface area contributed by atoms with E-state index < -0.39 is 5.82 Å². The van der Waals surface area contributed by atoms with Gasteiger partial charge in [0.05, 0.1) is 5.69 Å². The van der Waals surface area contributed by atoms with Crippen molar-refractivity contribution >= 4 is 17.5 Å². The van der Waals surface area contributed by atoms with Crippen molar-refractivity contribution in [2.24, 2.45) is 0 Å². The van der Waals surface area contributed by atoms with E-state index in [1.165, 1.54) is 12.1 Å². The van der Waals surface area contributed by atoms with Crippen LogP contribution in [0.5, 0.6) is 0 Å². The van der Waals surface area contributed by atoms with Crippen molar-refractivity contribution in [3.63, 3.8) is 0 Å². The van der Waals surface area contributed by atoms with Crippen LogP contribution in [0.15, 0.2) is 24.4 Å². The van der Waals surface area contributed by atoms with Gasteiger partial charge in [-0.15, -0.1) is 0 Å². The molecular formula is C11H9ClFN3. The molecule has 1 heterocycles. The maximum Gasteiger partial charge on any atom is 0.220 e. The van der Waals surface area contributed by atoms with Crippen molar-refractivity contribution in [1.82, 2.24) is 9.97 Å². The van der Waals surface area contributed by atoms with E-state index in [2.05, 4.69) is 9.97 Å². The Morgan fingerprint density at radius 1 is 1.31 bits per heavy atom. The molecule has 2 N–H and O–H groups in total. The van der Waals surface area contributed by atoms with Gasteiger partial charge < -0.3 is 5.73 Å². The van der Waals surface area contributed by atoms with Gasteiger partial charge in [-0.2, -0.15) is 0 Å². The van der Waals surface area contributed by atoms with Crippen molar-refractivity contribution in [3.05, 3.63) is 40.8 Å². The van der Waals surface area contributed by atoms with Gasteiger partial charge in [0.15, 0.2) is 0 Å². The van der Waals surface area contributed by atoms with Gasteiger partial charge in [-0.25, -0.2) is 14.4 Å². The smallest absolute Gasteiger partial charge is 0.220 e. The number of hydrogen-bond donors (Lipinski definition) is 1. The molecule has 0 aliphatic rings. The number of nitrogen functional groups attached to an aromatic ring is 1. The molecule has 0 bridgehead atoms. The van der Waals surface area contributed by atoms with Gasteiger partial charge in [0.1, 0.15) is 5.82 Å². The molecule has 2 rings (SSSR count). The lowest BCUT2D eigenvalue weighted by molar-refractivity contribution is 0.628. The van der Waals surface area contributed by atoms with Crippen LogP contribution in [0.2, 0.25) is 5.02 Å². The zero-order valence-electron chi connectivity index (χ0n) is 8.54. The lowest BCUT2D eigenvalue weighted by Gasteiger charge is -2.06. The Morgan fingerprint density at radius 2 is 2.06 bits per heavy atom. The summed E-state index contributed by atoms with van der Waals surface area (Å²) in [5.74, 6) is -0.250. The highest BCUT2D eigenvalue weighted by Crippen LogP contribution is 2.25. The number of nitrogens with two attached hydrogens (primary N) is 1. The first kappa shape index (κ1) is 10.8. The first-order valence-corrected chi connectivity index (χ1v) is 4.99. The number of halogens is 2. The first-order valence-electron chi connectivity index (χ1n) is 4.62. The molecule has 0 unspecified atom stereocenters. The zero-order chi connectivity index (χ0) is 11.7. The average Bonchev–Trinajstić information content (AvgIpc) is 2.20. The minimum Gasteiger partial charge on any atom is -0.368 e. The predicted octanol–water partition coefficient (Wildman–Crippen LogP) is 2.83. The lowest BCUT2D eigenvalue weighted by atomic mass is 10.1. The van der Waals surface area contributed by atoms with Gasteiger partial charge in [-0.1, -0.05) is 11.6 Å². The fourth-order valence-corrected chi connectivity index (χ4v) is 1.66. The summed E-state index contributed by atoms with van der Waals surface area (Å²) in [7, 11) is 0. The first-order chi connectivity index (χ1) is 7.56. The minimum atomic E-state index is -0.404. The summed E-state index contributed by atoms with van der Waals surface area (Å²) >= 11 is 5.78. The topological polar surface area (TPSA) is 51.8 Å². The van der Waals surface area contributed by atoms with Gasteiger partial charge >= 0.3 is 0 Å². The number of hydrogen-bond acceptors (Lipinski definition) is 3. The summed E-state index contributed by atoms with van der Waals surface area (Å²) in [6.45, 7) is 1.83. The van der Waals surface area contributed by atoms with Crippen molar-refractivity contribution in [2.75, 3.05) is 5.73 Å². The maximum absolute atomic E-state index is 13.2. The molecule has 2 aromatic rings. The Balaban J connectivity index is 2.62. The molecule has 0 amide bonds. The molecule has 0 saturated heterocycles. The molecule has 0 aliphatic heterocycles. The normalized spacial score (nSPS) is 10.4. The van der Waals surface area contributed by atoms with Gasteiger partial charge in [-0.05, 0) is 30.7 Å². The number of anilines is 1. The van der Waals surface area contributed by atoms with Crippen LogP contribution in [0.3, 0.4) is 0 Å². The minimum absolute atomic E-state index is 0.154. The number of rotatable bonds is 1. The Hall–Kier alpha value is -1.68. The summed E-state index contributed by atoms with van der Waals surface area (Å²) in [6.07, 6.45) is 1.59. The lowest BCUT2D eigenvalue weighted by Crippen LogP contribution is -1.98. The van der Waals surface area contributed by atoms with Crippen LogP contribution in [0.4, 0.5) is 10.3 Å². The molecule has 0 atom stereocenters. The predicted molar refractivity (Wildman–Crippen MR) is 61.6 cm³/mol. The van der Waals surface area contributed by atoms with E-state index in [4.69, 9.17) is 17.3 Å². The van der Waals surface area contributed by atoms with Crippen molar-refractivity contribution in [3.8, 4) is 11.3 Å². The molecule has 5 heteroatoms. The van der Waals surface area contributed by atoms with E-state index in [9.17, 15) is 4.39 Å². The van der Waals surface area contributed by atoms with Crippen LogP contribution in [-0.4, -0.2) is 9.97 Å². The molecule has 0 saturated carbocycles. The van der Waals surface area contributed by atoms with Crippen LogP contribution >= 0.6 is 11.6 Å². The van der Waals surface area contributed by atoms with Crippen LogP contribution < -0.4 is 5.73 Å². The summed E-state index contributed by atoms with van der Waals surface area (Å²) in [6, 6.07) is 4.24. The van der Waals surface area contributed by atoms with E-state index in [0.717, 1.165) is 5.56 Å².